The summed E-state index contributed by atoms with van der Waals surface area (Å²) >= 11 is 3.40. The lowest BCUT2D eigenvalue weighted by atomic mass is 10.2. The van der Waals surface area contributed by atoms with Crippen LogP contribution in [-0.4, -0.2) is 60.9 Å². The van der Waals surface area contributed by atoms with Gasteiger partial charge in [-0.3, -0.25) is 4.79 Å². The molecule has 0 aliphatic heterocycles. The molecule has 0 fully saturated rings. The Morgan fingerprint density at radius 3 is 2.74 bits per heavy atom. The minimum absolute atomic E-state index is 0.0210. The van der Waals surface area contributed by atoms with Gasteiger partial charge in [-0.25, -0.2) is 9.98 Å². The number of likely N-dealkylation sites (N-methyl/N-ethyl adjacent to an activating group) is 1. The van der Waals surface area contributed by atoms with Crippen LogP contribution in [0, 0.1) is 0 Å². The monoisotopic (exact) mass is 357 g/mol. The first-order valence-electron chi connectivity index (χ1n) is 7.59. The van der Waals surface area contributed by atoms with Crippen LogP contribution >= 0.6 is 23.1 Å². The second-order valence-corrected chi connectivity index (χ2v) is 7.48. The number of rotatable bonds is 8. The van der Waals surface area contributed by atoms with Gasteiger partial charge in [0.15, 0.2) is 5.96 Å². The molecule has 2 N–H and O–H groups in total. The van der Waals surface area contributed by atoms with E-state index in [4.69, 9.17) is 0 Å². The highest BCUT2D eigenvalue weighted by Crippen LogP contribution is 2.17. The van der Waals surface area contributed by atoms with Crippen LogP contribution in [-0.2, 0) is 11.3 Å². The Morgan fingerprint density at radius 2 is 2.17 bits per heavy atom. The second kappa shape index (κ2) is 10.5. The molecular weight excluding hydrogens is 330 g/mol. The zero-order chi connectivity index (χ0) is 17.2. The third-order valence-electron chi connectivity index (χ3n) is 3.04. The fraction of sp³-hybridized carbons (Fsp3) is 0.667. The molecule has 130 valence electrons. The second-order valence-electron chi connectivity index (χ2n) is 5.55. The number of carbonyl (C=O) groups is 1. The van der Waals surface area contributed by atoms with E-state index in [0.717, 1.165) is 23.0 Å². The predicted octanol–water partition coefficient (Wildman–Crippen LogP) is 1.75. The average Bonchev–Trinajstić information content (AvgIpc) is 2.98. The fourth-order valence-electron chi connectivity index (χ4n) is 1.56. The zero-order valence-corrected chi connectivity index (χ0v) is 16.2. The average molecular weight is 358 g/mol. The summed E-state index contributed by atoms with van der Waals surface area (Å²) in [6.45, 7) is 5.82. The minimum Gasteiger partial charge on any atom is -0.356 e. The molecule has 0 aromatic carbocycles. The summed E-state index contributed by atoms with van der Waals surface area (Å²) in [4.78, 5) is 22.2. The predicted molar refractivity (Wildman–Crippen MR) is 100 cm³/mol. The van der Waals surface area contributed by atoms with Gasteiger partial charge in [-0.1, -0.05) is 13.8 Å². The molecule has 0 bridgehead atoms. The van der Waals surface area contributed by atoms with E-state index < -0.39 is 0 Å². The number of hydrogen-bond acceptors (Lipinski definition) is 5. The molecular formula is C15H27N5OS2. The van der Waals surface area contributed by atoms with E-state index in [1.807, 2.05) is 0 Å². The van der Waals surface area contributed by atoms with Crippen molar-refractivity contribution >= 4 is 35.0 Å². The highest BCUT2D eigenvalue weighted by Gasteiger charge is 2.08. The molecule has 0 radical (unpaired) electrons. The number of guanidine groups is 1. The van der Waals surface area contributed by atoms with Gasteiger partial charge in [-0.05, 0) is 12.2 Å². The normalized spacial score (nSPS) is 11.7. The maximum atomic E-state index is 11.7. The largest absolute Gasteiger partial charge is 0.356 e. The van der Waals surface area contributed by atoms with Crippen LogP contribution in [0.1, 0.15) is 30.5 Å². The van der Waals surface area contributed by atoms with Gasteiger partial charge >= 0.3 is 0 Å². The maximum Gasteiger partial charge on any atom is 0.243 e. The smallest absolute Gasteiger partial charge is 0.243 e. The van der Waals surface area contributed by atoms with Crippen molar-refractivity contribution in [3.05, 3.63) is 16.1 Å². The zero-order valence-electron chi connectivity index (χ0n) is 14.5. The number of aliphatic imine (C=N–C) groups is 1. The van der Waals surface area contributed by atoms with Crippen molar-refractivity contribution < 1.29 is 4.79 Å². The van der Waals surface area contributed by atoms with E-state index in [-0.39, 0.29) is 12.5 Å². The van der Waals surface area contributed by atoms with Crippen molar-refractivity contribution in [3.8, 4) is 0 Å². The van der Waals surface area contributed by atoms with E-state index in [2.05, 4.69) is 46.1 Å². The minimum atomic E-state index is -0.0210. The first-order valence-corrected chi connectivity index (χ1v) is 9.87. The lowest BCUT2D eigenvalue weighted by Crippen LogP contribution is -2.39. The van der Waals surface area contributed by atoms with Gasteiger partial charge in [-0.2, -0.15) is 11.8 Å². The third kappa shape index (κ3) is 7.69. The van der Waals surface area contributed by atoms with E-state index in [1.165, 1.54) is 0 Å². The van der Waals surface area contributed by atoms with E-state index in [1.54, 1.807) is 42.1 Å². The number of amides is 1. The molecule has 6 nitrogen and oxygen atoms in total. The standard InChI is InChI=1S/C15H27N5OS2/c1-11(2)12-10-23-13(19-12)8-17-15(16-6-7-22-5)18-9-14(21)20(3)4/h10-11H,6-9H2,1-5H3,(H2,16,17,18). The lowest BCUT2D eigenvalue weighted by molar-refractivity contribution is -0.127. The highest BCUT2D eigenvalue weighted by atomic mass is 32.2. The van der Waals surface area contributed by atoms with Crippen molar-refractivity contribution in [3.63, 3.8) is 0 Å². The third-order valence-corrected chi connectivity index (χ3v) is 4.52. The fourth-order valence-corrected chi connectivity index (χ4v) is 2.77. The molecule has 8 heteroatoms. The number of thioether (sulfide) groups is 1. The summed E-state index contributed by atoms with van der Waals surface area (Å²) in [5.41, 5.74) is 1.11. The van der Waals surface area contributed by atoms with E-state index in [9.17, 15) is 4.79 Å². The topological polar surface area (TPSA) is 69.6 Å². The van der Waals surface area contributed by atoms with Crippen LogP contribution in [0.2, 0.25) is 0 Å². The molecule has 1 aromatic heterocycles. The number of aromatic nitrogens is 1. The molecule has 0 aliphatic rings. The van der Waals surface area contributed by atoms with Crippen molar-refractivity contribution in [1.82, 2.24) is 20.5 Å². The van der Waals surface area contributed by atoms with Crippen molar-refractivity contribution in [2.24, 2.45) is 4.99 Å². The van der Waals surface area contributed by atoms with Crippen LogP contribution in [0.15, 0.2) is 10.4 Å². The van der Waals surface area contributed by atoms with Crippen molar-refractivity contribution in [2.45, 2.75) is 26.3 Å². The van der Waals surface area contributed by atoms with Crippen LogP contribution in [0.25, 0.3) is 0 Å². The Balaban J connectivity index is 2.59. The van der Waals surface area contributed by atoms with Crippen LogP contribution in [0.4, 0.5) is 0 Å². The maximum absolute atomic E-state index is 11.7. The van der Waals surface area contributed by atoms with Gasteiger partial charge in [0.1, 0.15) is 11.6 Å². The van der Waals surface area contributed by atoms with E-state index in [0.29, 0.717) is 18.4 Å². The molecule has 1 heterocycles. The first-order chi connectivity index (χ1) is 10.9. The van der Waals surface area contributed by atoms with Gasteiger partial charge in [0.2, 0.25) is 5.91 Å². The molecule has 0 aliphatic carbocycles. The SMILES string of the molecule is CSCCNC(=NCC(=O)N(C)C)NCc1nc(C(C)C)cs1. The van der Waals surface area contributed by atoms with Crippen LogP contribution in [0.3, 0.4) is 0 Å². The molecule has 0 saturated heterocycles. The molecule has 1 aromatic rings. The molecule has 0 unspecified atom stereocenters. The molecule has 0 atom stereocenters. The summed E-state index contributed by atoms with van der Waals surface area (Å²) in [5, 5.41) is 9.60. The molecule has 1 rings (SSSR count). The van der Waals surface area contributed by atoms with Crippen LogP contribution in [0.5, 0.6) is 0 Å². The Kier molecular flexibility index (Phi) is 9.01. The van der Waals surface area contributed by atoms with Gasteiger partial charge in [-0.15, -0.1) is 11.3 Å². The summed E-state index contributed by atoms with van der Waals surface area (Å²) in [6.07, 6.45) is 2.06. The van der Waals surface area contributed by atoms with Gasteiger partial charge in [0.25, 0.3) is 0 Å². The summed E-state index contributed by atoms with van der Waals surface area (Å²) in [7, 11) is 3.46. The van der Waals surface area contributed by atoms with E-state index >= 15 is 0 Å². The van der Waals surface area contributed by atoms with Crippen molar-refractivity contribution in [1.29, 1.82) is 0 Å². The van der Waals surface area contributed by atoms with Crippen molar-refractivity contribution in [2.75, 3.05) is 39.2 Å². The summed E-state index contributed by atoms with van der Waals surface area (Å²) < 4.78 is 0. The quantitative estimate of drug-likeness (QED) is 0.421. The first kappa shape index (κ1) is 19.8. The summed E-state index contributed by atoms with van der Waals surface area (Å²) in [5.74, 6) is 2.05. The molecule has 0 spiro atoms. The Morgan fingerprint density at radius 1 is 1.43 bits per heavy atom. The molecule has 1 amide bonds. The number of nitrogens with one attached hydrogen (secondary N) is 2. The Hall–Kier alpha value is -1.28. The Labute approximate surface area is 147 Å². The number of nitrogens with zero attached hydrogens (tertiary/aromatic N) is 3. The molecule has 0 saturated carbocycles. The summed E-state index contributed by atoms with van der Waals surface area (Å²) in [6, 6.07) is 0. The van der Waals surface area contributed by atoms with Crippen LogP contribution < -0.4 is 10.6 Å². The van der Waals surface area contributed by atoms with Gasteiger partial charge in [0.05, 0.1) is 12.2 Å². The highest BCUT2D eigenvalue weighted by molar-refractivity contribution is 7.98. The Bertz CT molecular complexity index is 514. The number of hydrogen-bond donors (Lipinski definition) is 2. The lowest BCUT2D eigenvalue weighted by Gasteiger charge is -2.12. The molecule has 23 heavy (non-hydrogen) atoms. The van der Waals surface area contributed by atoms with Gasteiger partial charge in [0, 0.05) is 31.8 Å². The number of thiazole rings is 1. The van der Waals surface area contributed by atoms with Gasteiger partial charge < -0.3 is 15.5 Å². The number of carbonyl (C=O) groups excluding carboxylic acids is 1.